The van der Waals surface area contributed by atoms with Crippen molar-refractivity contribution in [2.75, 3.05) is 43.3 Å². The van der Waals surface area contributed by atoms with E-state index in [0.717, 1.165) is 22.5 Å². The van der Waals surface area contributed by atoms with E-state index in [1.807, 2.05) is 19.1 Å². The minimum atomic E-state index is -3.65. The van der Waals surface area contributed by atoms with Gasteiger partial charge in [-0.05, 0) is 38.0 Å². The molecule has 9 heteroatoms. The Morgan fingerprint density at radius 1 is 1.07 bits per heavy atom. The Labute approximate surface area is 167 Å². The summed E-state index contributed by atoms with van der Waals surface area (Å²) in [5.41, 5.74) is 1.55. The lowest BCUT2D eigenvalue weighted by molar-refractivity contribution is -0.133. The third kappa shape index (κ3) is 5.15. The molecule has 1 aromatic rings. The maximum absolute atomic E-state index is 13.0. The standard InChI is InChI=1S/C19H29N3O5S/c1-5-16-7-9-17(10-8-16)22(28(4,25)26)15(3)18(23)20-11-13-21(14-12-20)19(24)27-6-2/h7-10,15H,5-6,11-14H2,1-4H3/t15-/m1/s1. The van der Waals surface area contributed by atoms with E-state index in [2.05, 4.69) is 0 Å². The third-order valence-electron chi connectivity index (χ3n) is 4.78. The van der Waals surface area contributed by atoms with Gasteiger partial charge in [-0.1, -0.05) is 19.1 Å². The van der Waals surface area contributed by atoms with Crippen LogP contribution in [0.5, 0.6) is 0 Å². The normalized spacial score (nSPS) is 15.9. The monoisotopic (exact) mass is 411 g/mol. The van der Waals surface area contributed by atoms with Crippen molar-refractivity contribution < 1.29 is 22.7 Å². The van der Waals surface area contributed by atoms with Crippen molar-refractivity contribution in [3.05, 3.63) is 29.8 Å². The van der Waals surface area contributed by atoms with Crippen molar-refractivity contribution in [1.82, 2.24) is 9.80 Å². The van der Waals surface area contributed by atoms with E-state index in [0.29, 0.717) is 38.5 Å². The van der Waals surface area contributed by atoms with Gasteiger partial charge in [-0.25, -0.2) is 13.2 Å². The smallest absolute Gasteiger partial charge is 0.409 e. The van der Waals surface area contributed by atoms with E-state index in [9.17, 15) is 18.0 Å². The molecule has 1 atom stereocenters. The van der Waals surface area contributed by atoms with Gasteiger partial charge in [0.15, 0.2) is 0 Å². The van der Waals surface area contributed by atoms with Crippen molar-refractivity contribution in [2.45, 2.75) is 33.2 Å². The molecule has 8 nitrogen and oxygen atoms in total. The molecule has 2 amide bonds. The van der Waals surface area contributed by atoms with E-state index in [4.69, 9.17) is 4.74 Å². The first kappa shape index (κ1) is 22.0. The van der Waals surface area contributed by atoms with Gasteiger partial charge in [0.05, 0.1) is 18.6 Å². The number of amides is 2. The highest BCUT2D eigenvalue weighted by atomic mass is 32.2. The van der Waals surface area contributed by atoms with Crippen LogP contribution in [-0.2, 0) is 26.0 Å². The first-order chi connectivity index (χ1) is 13.2. The molecule has 0 unspecified atom stereocenters. The predicted octanol–water partition coefficient (Wildman–Crippen LogP) is 1.70. The molecule has 0 radical (unpaired) electrons. The van der Waals surface area contributed by atoms with Crippen LogP contribution in [0.25, 0.3) is 0 Å². The summed E-state index contributed by atoms with van der Waals surface area (Å²) < 4.78 is 31.0. The molecule has 156 valence electrons. The average Bonchev–Trinajstić information content (AvgIpc) is 2.67. The van der Waals surface area contributed by atoms with Crippen molar-refractivity contribution in [3.63, 3.8) is 0 Å². The molecule has 2 rings (SSSR count). The minimum Gasteiger partial charge on any atom is -0.450 e. The molecular formula is C19H29N3O5S. The predicted molar refractivity (Wildman–Crippen MR) is 108 cm³/mol. The lowest BCUT2D eigenvalue weighted by atomic mass is 10.1. The molecule has 0 bridgehead atoms. The highest BCUT2D eigenvalue weighted by molar-refractivity contribution is 7.92. The maximum atomic E-state index is 13.0. The minimum absolute atomic E-state index is 0.284. The molecule has 1 heterocycles. The average molecular weight is 412 g/mol. The van der Waals surface area contributed by atoms with Crippen molar-refractivity contribution in [1.29, 1.82) is 0 Å². The van der Waals surface area contributed by atoms with E-state index < -0.39 is 22.2 Å². The van der Waals surface area contributed by atoms with Gasteiger partial charge in [0.25, 0.3) is 0 Å². The van der Waals surface area contributed by atoms with Crippen LogP contribution in [0.4, 0.5) is 10.5 Å². The first-order valence-electron chi connectivity index (χ1n) is 9.47. The van der Waals surface area contributed by atoms with Gasteiger partial charge in [0, 0.05) is 26.2 Å². The second-order valence-electron chi connectivity index (χ2n) is 6.77. The second kappa shape index (κ2) is 9.27. The topological polar surface area (TPSA) is 87.2 Å². The molecule has 1 fully saturated rings. The number of sulfonamides is 1. The third-order valence-corrected chi connectivity index (χ3v) is 6.02. The van der Waals surface area contributed by atoms with Crippen LogP contribution < -0.4 is 4.31 Å². The molecule has 1 saturated heterocycles. The molecule has 0 saturated carbocycles. The molecule has 1 aromatic carbocycles. The quantitative estimate of drug-likeness (QED) is 0.711. The largest absolute Gasteiger partial charge is 0.450 e. The number of carbonyl (C=O) groups excluding carboxylic acids is 2. The summed E-state index contributed by atoms with van der Waals surface area (Å²) in [5.74, 6) is -0.284. The molecule has 1 aliphatic rings. The summed E-state index contributed by atoms with van der Waals surface area (Å²) in [7, 11) is -3.65. The zero-order chi connectivity index (χ0) is 20.9. The highest BCUT2D eigenvalue weighted by Crippen LogP contribution is 2.23. The zero-order valence-electron chi connectivity index (χ0n) is 16.9. The molecule has 0 N–H and O–H groups in total. The number of hydrogen-bond acceptors (Lipinski definition) is 5. The van der Waals surface area contributed by atoms with E-state index >= 15 is 0 Å². The number of nitrogens with zero attached hydrogens (tertiary/aromatic N) is 3. The maximum Gasteiger partial charge on any atom is 0.409 e. The summed E-state index contributed by atoms with van der Waals surface area (Å²) in [5, 5.41) is 0. The summed E-state index contributed by atoms with van der Waals surface area (Å²) in [6, 6.07) is 6.30. The molecular weight excluding hydrogens is 382 g/mol. The molecule has 0 aliphatic carbocycles. The van der Waals surface area contributed by atoms with Gasteiger partial charge < -0.3 is 14.5 Å². The van der Waals surface area contributed by atoms with E-state index in [-0.39, 0.29) is 5.91 Å². The number of rotatable bonds is 6. The van der Waals surface area contributed by atoms with Crippen LogP contribution in [-0.4, -0.2) is 75.3 Å². The number of piperazine rings is 1. The van der Waals surface area contributed by atoms with Gasteiger partial charge >= 0.3 is 6.09 Å². The van der Waals surface area contributed by atoms with Crippen LogP contribution in [0.3, 0.4) is 0 Å². The Bertz CT molecular complexity index is 786. The SMILES string of the molecule is CCOC(=O)N1CCN(C(=O)[C@@H](C)N(c2ccc(CC)cc2)S(C)(=O)=O)CC1. The number of ether oxygens (including phenoxy) is 1. The van der Waals surface area contributed by atoms with Crippen LogP contribution in [0, 0.1) is 0 Å². The van der Waals surface area contributed by atoms with Crippen LogP contribution in [0.2, 0.25) is 0 Å². The van der Waals surface area contributed by atoms with Crippen LogP contribution >= 0.6 is 0 Å². The number of carbonyl (C=O) groups is 2. The Kier molecular flexibility index (Phi) is 7.29. The number of anilines is 1. The van der Waals surface area contributed by atoms with Crippen LogP contribution in [0.1, 0.15) is 26.3 Å². The van der Waals surface area contributed by atoms with Gasteiger partial charge in [-0.15, -0.1) is 0 Å². The van der Waals surface area contributed by atoms with Gasteiger partial charge in [-0.3, -0.25) is 9.10 Å². The number of benzene rings is 1. The fourth-order valence-electron chi connectivity index (χ4n) is 3.27. The second-order valence-corrected chi connectivity index (χ2v) is 8.63. The molecule has 28 heavy (non-hydrogen) atoms. The summed E-state index contributed by atoms with van der Waals surface area (Å²) in [4.78, 5) is 27.9. The van der Waals surface area contributed by atoms with Crippen LogP contribution in [0.15, 0.2) is 24.3 Å². The summed E-state index contributed by atoms with van der Waals surface area (Å²) in [6.07, 6.45) is 1.55. The fraction of sp³-hybridized carbons (Fsp3) is 0.579. The lowest BCUT2D eigenvalue weighted by Gasteiger charge is -2.37. The lowest BCUT2D eigenvalue weighted by Crippen LogP contribution is -2.56. The Morgan fingerprint density at radius 3 is 2.07 bits per heavy atom. The summed E-state index contributed by atoms with van der Waals surface area (Å²) in [6.45, 7) is 7.06. The first-order valence-corrected chi connectivity index (χ1v) is 11.3. The molecule has 0 spiro atoms. The van der Waals surface area contributed by atoms with Gasteiger partial charge in [0.1, 0.15) is 6.04 Å². The Morgan fingerprint density at radius 2 is 1.61 bits per heavy atom. The molecule has 0 aromatic heterocycles. The van der Waals surface area contributed by atoms with Crippen molar-refractivity contribution in [2.24, 2.45) is 0 Å². The van der Waals surface area contributed by atoms with Crippen molar-refractivity contribution >= 4 is 27.7 Å². The Balaban J connectivity index is 2.13. The number of hydrogen-bond donors (Lipinski definition) is 0. The number of aryl methyl sites for hydroxylation is 1. The highest BCUT2D eigenvalue weighted by Gasteiger charge is 2.34. The van der Waals surface area contributed by atoms with Gasteiger partial charge in [-0.2, -0.15) is 0 Å². The zero-order valence-corrected chi connectivity index (χ0v) is 17.7. The Hall–Kier alpha value is -2.29. The fourth-order valence-corrected chi connectivity index (χ4v) is 4.44. The van der Waals surface area contributed by atoms with E-state index in [1.165, 1.54) is 0 Å². The summed E-state index contributed by atoms with van der Waals surface area (Å²) >= 11 is 0. The van der Waals surface area contributed by atoms with Crippen molar-refractivity contribution in [3.8, 4) is 0 Å². The van der Waals surface area contributed by atoms with Gasteiger partial charge in [0.2, 0.25) is 15.9 Å². The van der Waals surface area contributed by atoms with E-state index in [1.54, 1.807) is 35.8 Å². The molecule has 1 aliphatic heterocycles.